The molecule has 5 nitrogen and oxygen atoms in total. The minimum Gasteiger partial charge on any atom is -0.497 e. The Bertz CT molecular complexity index is 1040. The molecule has 1 unspecified atom stereocenters. The Morgan fingerprint density at radius 2 is 2.00 bits per heavy atom. The molecule has 4 rings (SSSR count). The molecule has 1 atom stereocenters. The fourth-order valence-electron chi connectivity index (χ4n) is 4.28. The fraction of sp³-hybridized carbons (Fsp3) is 0.400. The van der Waals surface area contributed by atoms with Crippen molar-refractivity contribution in [3.05, 3.63) is 64.8 Å². The number of aromatic amines is 1. The van der Waals surface area contributed by atoms with Crippen molar-refractivity contribution < 1.29 is 9.53 Å². The summed E-state index contributed by atoms with van der Waals surface area (Å²) < 4.78 is 5.44. The van der Waals surface area contributed by atoms with Gasteiger partial charge in [0.25, 0.3) is 0 Å². The van der Waals surface area contributed by atoms with E-state index in [1.165, 1.54) is 16.5 Å². The minimum atomic E-state index is -0.133. The third kappa shape index (κ3) is 3.89. The van der Waals surface area contributed by atoms with Gasteiger partial charge < -0.3 is 19.9 Å². The predicted octanol–water partition coefficient (Wildman–Crippen LogP) is 5.19. The molecule has 2 heterocycles. The molecular formula is C25H31N3O2. The number of hydrogen-bond acceptors (Lipinski definition) is 2. The second-order valence-electron chi connectivity index (χ2n) is 8.60. The molecule has 1 aliphatic heterocycles. The Kier molecular flexibility index (Phi) is 5.71. The lowest BCUT2D eigenvalue weighted by Crippen LogP contribution is -2.46. The van der Waals surface area contributed by atoms with Gasteiger partial charge in [-0.05, 0) is 55.0 Å². The van der Waals surface area contributed by atoms with Crippen molar-refractivity contribution in [3.63, 3.8) is 0 Å². The first-order chi connectivity index (χ1) is 14.5. The first kappa shape index (κ1) is 20.3. The molecule has 0 fully saturated rings. The smallest absolute Gasteiger partial charge is 0.318 e. The van der Waals surface area contributed by atoms with E-state index in [0.29, 0.717) is 19.0 Å². The molecule has 3 aromatic rings. The van der Waals surface area contributed by atoms with Gasteiger partial charge in [0.05, 0.1) is 13.2 Å². The van der Waals surface area contributed by atoms with Gasteiger partial charge in [-0.15, -0.1) is 0 Å². The second-order valence-corrected chi connectivity index (χ2v) is 8.60. The van der Waals surface area contributed by atoms with Crippen LogP contribution in [0.1, 0.15) is 48.7 Å². The van der Waals surface area contributed by atoms with Gasteiger partial charge in [-0.25, -0.2) is 4.79 Å². The number of ether oxygens (including phenoxy) is 1. The van der Waals surface area contributed by atoms with Gasteiger partial charge >= 0.3 is 6.03 Å². The van der Waals surface area contributed by atoms with E-state index in [0.717, 1.165) is 35.4 Å². The van der Waals surface area contributed by atoms with Gasteiger partial charge in [0, 0.05) is 29.7 Å². The molecule has 2 amide bonds. The van der Waals surface area contributed by atoms with E-state index in [9.17, 15) is 4.79 Å². The zero-order valence-electron chi connectivity index (χ0n) is 18.3. The van der Waals surface area contributed by atoms with E-state index in [-0.39, 0.29) is 12.1 Å². The topological polar surface area (TPSA) is 57.4 Å². The lowest BCUT2D eigenvalue weighted by atomic mass is 9.92. The summed E-state index contributed by atoms with van der Waals surface area (Å²) in [5.74, 6) is 1.42. The first-order valence-electron chi connectivity index (χ1n) is 10.8. The molecule has 1 aromatic heterocycles. The highest BCUT2D eigenvalue weighted by Gasteiger charge is 2.34. The van der Waals surface area contributed by atoms with Crippen molar-refractivity contribution >= 4 is 16.9 Å². The van der Waals surface area contributed by atoms with Crippen LogP contribution in [0.15, 0.2) is 42.5 Å². The van der Waals surface area contributed by atoms with Crippen molar-refractivity contribution in [2.75, 3.05) is 20.2 Å². The maximum absolute atomic E-state index is 13.1. The molecule has 2 N–H and O–H groups in total. The van der Waals surface area contributed by atoms with Crippen LogP contribution in [-0.4, -0.2) is 36.1 Å². The van der Waals surface area contributed by atoms with Gasteiger partial charge in [0.15, 0.2) is 0 Å². The molecule has 0 saturated heterocycles. The van der Waals surface area contributed by atoms with Crippen LogP contribution >= 0.6 is 0 Å². The highest BCUT2D eigenvalue weighted by molar-refractivity contribution is 5.87. The number of hydrogen-bond donors (Lipinski definition) is 2. The summed E-state index contributed by atoms with van der Waals surface area (Å²) in [6, 6.07) is 14.5. The van der Waals surface area contributed by atoms with E-state index < -0.39 is 0 Å². The lowest BCUT2D eigenvalue weighted by molar-refractivity contribution is 0.179. The molecule has 5 heteroatoms. The zero-order chi connectivity index (χ0) is 21.3. The first-order valence-corrected chi connectivity index (χ1v) is 10.8. The molecular weight excluding hydrogens is 374 g/mol. The molecule has 30 heavy (non-hydrogen) atoms. The molecule has 0 aliphatic carbocycles. The quantitative estimate of drug-likeness (QED) is 0.614. The molecule has 2 aromatic carbocycles. The Balaban J connectivity index is 1.74. The minimum absolute atomic E-state index is 0.00288. The van der Waals surface area contributed by atoms with E-state index in [4.69, 9.17) is 4.74 Å². The summed E-state index contributed by atoms with van der Waals surface area (Å²) in [5.41, 5.74) is 5.80. The second kappa shape index (κ2) is 8.42. The number of benzene rings is 2. The van der Waals surface area contributed by atoms with Crippen LogP contribution in [0.2, 0.25) is 0 Å². The summed E-state index contributed by atoms with van der Waals surface area (Å²) in [4.78, 5) is 18.7. The molecule has 0 bridgehead atoms. The van der Waals surface area contributed by atoms with Gasteiger partial charge in [-0.2, -0.15) is 0 Å². The largest absolute Gasteiger partial charge is 0.497 e. The number of H-pyrrole nitrogens is 1. The number of aryl methyl sites for hydroxylation is 1. The van der Waals surface area contributed by atoms with Crippen LogP contribution in [0.25, 0.3) is 10.9 Å². The number of aromatic nitrogens is 1. The fourth-order valence-corrected chi connectivity index (χ4v) is 4.28. The average Bonchev–Trinajstić information content (AvgIpc) is 3.11. The Labute approximate surface area is 178 Å². The Morgan fingerprint density at radius 3 is 2.70 bits per heavy atom. The van der Waals surface area contributed by atoms with Crippen molar-refractivity contribution in [1.29, 1.82) is 0 Å². The van der Waals surface area contributed by atoms with Gasteiger partial charge in [-0.1, -0.05) is 43.7 Å². The molecule has 0 saturated carbocycles. The predicted molar refractivity (Wildman–Crippen MR) is 121 cm³/mol. The number of urea groups is 1. The standard InChI is InChI=1S/C25H31N3O2/c1-16(2)11-13-26-25(29)28-14-12-20-21-15-19(30-4)9-10-22(21)27-23(20)24(28)18-7-5-17(3)6-8-18/h5-10,15-16,24,27H,11-14H2,1-4H3,(H,26,29). The van der Waals surface area contributed by atoms with Crippen LogP contribution in [0, 0.1) is 12.8 Å². The average molecular weight is 406 g/mol. The van der Waals surface area contributed by atoms with Crippen LogP contribution < -0.4 is 10.1 Å². The van der Waals surface area contributed by atoms with Gasteiger partial charge in [-0.3, -0.25) is 0 Å². The number of carbonyl (C=O) groups excluding carboxylic acids is 1. The van der Waals surface area contributed by atoms with Crippen LogP contribution in [0.4, 0.5) is 4.79 Å². The number of nitrogens with one attached hydrogen (secondary N) is 2. The highest BCUT2D eigenvalue weighted by Crippen LogP contribution is 2.39. The Hall–Kier alpha value is -2.95. The normalized spacial score (nSPS) is 16.0. The van der Waals surface area contributed by atoms with Crippen molar-refractivity contribution in [2.24, 2.45) is 5.92 Å². The monoisotopic (exact) mass is 405 g/mol. The number of carbonyl (C=O) groups is 1. The van der Waals surface area contributed by atoms with E-state index in [1.807, 2.05) is 11.0 Å². The third-order valence-corrected chi connectivity index (χ3v) is 5.99. The van der Waals surface area contributed by atoms with Crippen molar-refractivity contribution in [2.45, 2.75) is 39.7 Å². The van der Waals surface area contributed by atoms with Gasteiger partial charge in [0.2, 0.25) is 0 Å². The number of amides is 2. The third-order valence-electron chi connectivity index (χ3n) is 5.99. The lowest BCUT2D eigenvalue weighted by Gasteiger charge is -2.36. The molecule has 0 spiro atoms. The summed E-state index contributed by atoms with van der Waals surface area (Å²) in [6.45, 7) is 7.82. The van der Waals surface area contributed by atoms with Gasteiger partial charge in [0.1, 0.15) is 5.75 Å². The van der Waals surface area contributed by atoms with E-state index in [1.54, 1.807) is 7.11 Å². The zero-order valence-corrected chi connectivity index (χ0v) is 18.3. The van der Waals surface area contributed by atoms with E-state index >= 15 is 0 Å². The van der Waals surface area contributed by atoms with Crippen LogP contribution in [0.3, 0.4) is 0 Å². The molecule has 158 valence electrons. The number of fused-ring (bicyclic) bond motifs is 3. The molecule has 0 radical (unpaired) electrons. The maximum atomic E-state index is 13.1. The van der Waals surface area contributed by atoms with E-state index in [2.05, 4.69) is 67.5 Å². The summed E-state index contributed by atoms with van der Waals surface area (Å²) in [6.07, 6.45) is 1.80. The number of rotatable bonds is 5. The number of methoxy groups -OCH3 is 1. The highest BCUT2D eigenvalue weighted by atomic mass is 16.5. The van der Waals surface area contributed by atoms with Crippen LogP contribution in [0.5, 0.6) is 5.75 Å². The van der Waals surface area contributed by atoms with Crippen LogP contribution in [-0.2, 0) is 6.42 Å². The summed E-state index contributed by atoms with van der Waals surface area (Å²) in [5, 5.41) is 4.31. The van der Waals surface area contributed by atoms with Crippen molar-refractivity contribution in [1.82, 2.24) is 15.2 Å². The Morgan fingerprint density at radius 1 is 1.23 bits per heavy atom. The molecule has 1 aliphatic rings. The SMILES string of the molecule is COc1ccc2[nH]c3c(c2c1)CCN(C(=O)NCCC(C)C)C3c1ccc(C)cc1. The number of nitrogens with zero attached hydrogens (tertiary/aromatic N) is 1. The van der Waals surface area contributed by atoms with Crippen molar-refractivity contribution in [3.8, 4) is 5.75 Å². The summed E-state index contributed by atoms with van der Waals surface area (Å²) in [7, 11) is 1.69. The maximum Gasteiger partial charge on any atom is 0.318 e. The summed E-state index contributed by atoms with van der Waals surface area (Å²) >= 11 is 0.